The summed E-state index contributed by atoms with van der Waals surface area (Å²) < 4.78 is 10.6. The Hall–Kier alpha value is -1.10. The second kappa shape index (κ2) is 4.82. The average molecular weight is 287 g/mol. The van der Waals surface area contributed by atoms with Crippen molar-refractivity contribution in [2.24, 2.45) is 0 Å². The molecule has 1 saturated carbocycles. The highest BCUT2D eigenvalue weighted by molar-refractivity contribution is 9.10. The summed E-state index contributed by atoms with van der Waals surface area (Å²) in [5, 5.41) is 0. The van der Waals surface area contributed by atoms with Crippen LogP contribution in [0.5, 0.6) is 0 Å². The third-order valence-corrected chi connectivity index (χ3v) is 2.95. The van der Waals surface area contributed by atoms with E-state index >= 15 is 0 Å². The molecule has 1 aliphatic carbocycles. The van der Waals surface area contributed by atoms with Crippen molar-refractivity contribution in [1.82, 2.24) is 0 Å². The number of furan rings is 1. The molecule has 1 heterocycles. The summed E-state index contributed by atoms with van der Waals surface area (Å²) in [5.74, 6) is -0.457. The van der Waals surface area contributed by atoms with E-state index in [2.05, 4.69) is 15.9 Å². The molecule has 1 aromatic heterocycles. The van der Waals surface area contributed by atoms with E-state index in [-0.39, 0.29) is 11.5 Å². The Morgan fingerprint density at radius 3 is 2.88 bits per heavy atom. The van der Waals surface area contributed by atoms with Crippen molar-refractivity contribution >= 4 is 27.7 Å². The number of hydrogen-bond donors (Lipinski definition) is 0. The Morgan fingerprint density at radius 2 is 2.25 bits per heavy atom. The van der Waals surface area contributed by atoms with Gasteiger partial charge in [-0.05, 0) is 47.3 Å². The number of hydrogen-bond acceptors (Lipinski definition) is 4. The molecule has 0 N–H and O–H groups in total. The lowest BCUT2D eigenvalue weighted by molar-refractivity contribution is -0.130. The summed E-state index contributed by atoms with van der Waals surface area (Å²) in [7, 11) is 0. The van der Waals surface area contributed by atoms with Crippen LogP contribution in [0.15, 0.2) is 21.2 Å². The van der Waals surface area contributed by atoms with Crippen LogP contribution in [0.4, 0.5) is 0 Å². The van der Waals surface area contributed by atoms with Gasteiger partial charge in [-0.25, -0.2) is 4.79 Å². The third-order valence-electron chi connectivity index (χ3n) is 2.52. The van der Waals surface area contributed by atoms with Gasteiger partial charge in [-0.2, -0.15) is 0 Å². The van der Waals surface area contributed by atoms with Gasteiger partial charge in [-0.15, -0.1) is 0 Å². The third kappa shape index (κ3) is 2.52. The highest BCUT2D eigenvalue weighted by atomic mass is 79.9. The Morgan fingerprint density at radius 1 is 1.44 bits per heavy atom. The second-order valence-corrected chi connectivity index (χ2v) is 4.49. The van der Waals surface area contributed by atoms with E-state index in [9.17, 15) is 9.59 Å². The minimum atomic E-state index is -0.592. The highest BCUT2D eigenvalue weighted by Gasteiger charge is 2.27. The average Bonchev–Trinajstić information content (AvgIpc) is 2.68. The summed E-state index contributed by atoms with van der Waals surface area (Å²) >= 11 is 3.10. The fraction of sp³-hybridized carbons (Fsp3) is 0.455. The quantitative estimate of drug-likeness (QED) is 0.785. The molecular weight excluding hydrogens is 276 g/mol. The Bertz CT molecular complexity index is 410. The maximum Gasteiger partial charge on any atom is 0.374 e. The molecule has 5 heteroatoms. The molecule has 0 bridgehead atoms. The van der Waals surface area contributed by atoms with Crippen LogP contribution in [0.1, 0.15) is 36.2 Å². The second-order valence-electron chi connectivity index (χ2n) is 3.71. The standard InChI is InChI=1S/C11H11BrO4/c12-10-6-5-9(15-10)11(14)16-8-4-2-1-3-7(8)13/h5-6,8H,1-4H2/t8-/m1/s1. The van der Waals surface area contributed by atoms with Crippen LogP contribution in [0.2, 0.25) is 0 Å². The van der Waals surface area contributed by atoms with Crippen molar-refractivity contribution in [2.45, 2.75) is 31.8 Å². The molecule has 1 aromatic rings. The van der Waals surface area contributed by atoms with Gasteiger partial charge < -0.3 is 9.15 Å². The van der Waals surface area contributed by atoms with Crippen molar-refractivity contribution in [2.75, 3.05) is 0 Å². The Kier molecular flexibility index (Phi) is 3.43. The molecule has 16 heavy (non-hydrogen) atoms. The number of Topliss-reactive ketones (excluding diaryl/α,β-unsaturated/α-hetero) is 1. The van der Waals surface area contributed by atoms with Crippen LogP contribution in [0.25, 0.3) is 0 Å². The van der Waals surface area contributed by atoms with Crippen molar-refractivity contribution in [3.05, 3.63) is 22.6 Å². The lowest BCUT2D eigenvalue weighted by Crippen LogP contribution is -2.30. The summed E-state index contributed by atoms with van der Waals surface area (Å²) in [6.07, 6.45) is 2.34. The molecule has 2 rings (SSSR count). The van der Waals surface area contributed by atoms with E-state index in [1.165, 1.54) is 6.07 Å². The van der Waals surface area contributed by atoms with Crippen LogP contribution in [0, 0.1) is 0 Å². The number of carbonyl (C=O) groups excluding carboxylic acids is 2. The zero-order valence-electron chi connectivity index (χ0n) is 8.57. The fourth-order valence-electron chi connectivity index (χ4n) is 1.69. The van der Waals surface area contributed by atoms with Crippen molar-refractivity contribution in [1.29, 1.82) is 0 Å². The van der Waals surface area contributed by atoms with Gasteiger partial charge in [0.2, 0.25) is 5.76 Å². The highest BCUT2D eigenvalue weighted by Crippen LogP contribution is 2.20. The van der Waals surface area contributed by atoms with Gasteiger partial charge in [0, 0.05) is 6.42 Å². The molecular formula is C11H11BrO4. The van der Waals surface area contributed by atoms with Crippen molar-refractivity contribution in [3.63, 3.8) is 0 Å². The van der Waals surface area contributed by atoms with Gasteiger partial charge in [0.15, 0.2) is 16.6 Å². The van der Waals surface area contributed by atoms with Gasteiger partial charge in [-0.1, -0.05) is 0 Å². The van der Waals surface area contributed by atoms with E-state index in [0.29, 0.717) is 17.5 Å². The van der Waals surface area contributed by atoms with Gasteiger partial charge in [0.1, 0.15) is 0 Å². The van der Waals surface area contributed by atoms with Gasteiger partial charge in [0.25, 0.3) is 0 Å². The van der Waals surface area contributed by atoms with Crippen molar-refractivity contribution < 1.29 is 18.7 Å². The summed E-state index contributed by atoms with van der Waals surface area (Å²) in [6, 6.07) is 3.12. The molecule has 0 spiro atoms. The summed E-state index contributed by atoms with van der Waals surface area (Å²) in [6.45, 7) is 0. The normalized spacial score (nSPS) is 20.8. The van der Waals surface area contributed by atoms with Gasteiger partial charge >= 0.3 is 5.97 Å². The minimum Gasteiger partial charge on any atom is -0.449 e. The molecule has 0 aliphatic heterocycles. The predicted octanol–water partition coefficient (Wildman–Crippen LogP) is 2.71. The van der Waals surface area contributed by atoms with E-state index in [1.54, 1.807) is 6.07 Å². The number of ether oxygens (including phenoxy) is 1. The first kappa shape index (κ1) is 11.4. The molecule has 0 saturated heterocycles. The predicted molar refractivity (Wildman–Crippen MR) is 59.1 cm³/mol. The summed E-state index contributed by atoms with van der Waals surface area (Å²) in [5.41, 5.74) is 0. The molecule has 1 aliphatic rings. The van der Waals surface area contributed by atoms with Crippen LogP contribution in [-0.4, -0.2) is 17.9 Å². The molecule has 0 amide bonds. The van der Waals surface area contributed by atoms with Crippen LogP contribution in [0.3, 0.4) is 0 Å². The number of rotatable bonds is 2. The van der Waals surface area contributed by atoms with Crippen LogP contribution in [-0.2, 0) is 9.53 Å². The monoisotopic (exact) mass is 286 g/mol. The number of carbonyl (C=O) groups is 2. The van der Waals surface area contributed by atoms with Crippen LogP contribution >= 0.6 is 15.9 Å². The van der Waals surface area contributed by atoms with E-state index < -0.39 is 12.1 Å². The molecule has 86 valence electrons. The van der Waals surface area contributed by atoms with Gasteiger partial charge in [-0.3, -0.25) is 4.79 Å². The molecule has 0 aromatic carbocycles. The maximum absolute atomic E-state index is 11.6. The molecule has 1 atom stereocenters. The van der Waals surface area contributed by atoms with Gasteiger partial charge in [0.05, 0.1) is 0 Å². The zero-order valence-corrected chi connectivity index (χ0v) is 10.2. The molecule has 1 fully saturated rings. The smallest absolute Gasteiger partial charge is 0.374 e. The maximum atomic E-state index is 11.6. The molecule has 0 unspecified atom stereocenters. The number of ketones is 1. The first-order valence-corrected chi connectivity index (χ1v) is 5.95. The number of halogens is 1. The topological polar surface area (TPSA) is 56.5 Å². The number of esters is 1. The fourth-order valence-corrected chi connectivity index (χ4v) is 1.99. The Balaban J connectivity index is 1.99. The van der Waals surface area contributed by atoms with Crippen molar-refractivity contribution in [3.8, 4) is 0 Å². The van der Waals surface area contributed by atoms with E-state index in [1.807, 2.05) is 0 Å². The first-order valence-electron chi connectivity index (χ1n) is 5.16. The Labute approximate surface area is 101 Å². The molecule has 0 radical (unpaired) electrons. The first-order chi connectivity index (χ1) is 7.66. The van der Waals surface area contributed by atoms with Crippen LogP contribution < -0.4 is 0 Å². The SMILES string of the molecule is O=C(O[C@@H]1CCCCC1=O)c1ccc(Br)o1. The summed E-state index contributed by atoms with van der Waals surface area (Å²) in [4.78, 5) is 23.0. The lowest BCUT2D eigenvalue weighted by atomic mass is 9.96. The minimum absolute atomic E-state index is 0.00484. The zero-order chi connectivity index (χ0) is 11.5. The van der Waals surface area contributed by atoms with E-state index in [4.69, 9.17) is 9.15 Å². The van der Waals surface area contributed by atoms with E-state index in [0.717, 1.165) is 12.8 Å². The molecule has 4 nitrogen and oxygen atoms in total. The lowest BCUT2D eigenvalue weighted by Gasteiger charge is -2.19. The largest absolute Gasteiger partial charge is 0.449 e.